The molecule has 1 aromatic carbocycles. The van der Waals surface area contributed by atoms with Crippen LogP contribution < -0.4 is 10.1 Å². The van der Waals surface area contributed by atoms with Crippen LogP contribution >= 0.6 is 11.8 Å². The molecule has 1 aliphatic heterocycles. The number of rotatable bonds is 6. The van der Waals surface area contributed by atoms with Gasteiger partial charge >= 0.3 is 0 Å². The second kappa shape index (κ2) is 7.74. The van der Waals surface area contributed by atoms with Gasteiger partial charge in [0.25, 0.3) is 5.24 Å². The molecule has 1 aliphatic rings. The summed E-state index contributed by atoms with van der Waals surface area (Å²) >= 11 is 1.04. The molecule has 0 saturated carbocycles. The van der Waals surface area contributed by atoms with Gasteiger partial charge in [-0.25, -0.2) is 0 Å². The highest BCUT2D eigenvalue weighted by Crippen LogP contribution is 2.34. The van der Waals surface area contributed by atoms with Gasteiger partial charge in [-0.15, -0.1) is 0 Å². The summed E-state index contributed by atoms with van der Waals surface area (Å²) in [5, 5.41) is 2.05. The maximum Gasteiger partial charge on any atom is 0.286 e. The topological polar surface area (TPSA) is 68.3 Å². The first-order valence-electron chi connectivity index (χ1n) is 8.40. The molecule has 1 N–H and O–H groups in total. The van der Waals surface area contributed by atoms with Gasteiger partial charge in [0.1, 0.15) is 10.5 Å². The summed E-state index contributed by atoms with van der Waals surface area (Å²) in [4.78, 5) is 27.6. The van der Waals surface area contributed by atoms with Crippen molar-refractivity contribution < 1.29 is 14.3 Å². The van der Waals surface area contributed by atoms with Crippen molar-refractivity contribution in [1.29, 1.82) is 0 Å². The van der Waals surface area contributed by atoms with E-state index in [-0.39, 0.29) is 11.1 Å². The zero-order valence-electron chi connectivity index (χ0n) is 14.7. The minimum atomic E-state index is -0.754. The summed E-state index contributed by atoms with van der Waals surface area (Å²) in [6.45, 7) is 3.87. The number of carbonyl (C=O) groups is 2. The lowest BCUT2D eigenvalue weighted by atomic mass is 9.99. The quantitative estimate of drug-likeness (QED) is 0.781. The lowest BCUT2D eigenvalue weighted by Crippen LogP contribution is -2.35. The molecule has 1 atom stereocenters. The van der Waals surface area contributed by atoms with Crippen LogP contribution in [0.2, 0.25) is 0 Å². The van der Waals surface area contributed by atoms with E-state index in [1.165, 1.54) is 5.56 Å². The van der Waals surface area contributed by atoms with Gasteiger partial charge in [-0.05, 0) is 66.9 Å². The maximum absolute atomic E-state index is 11.9. The Labute approximate surface area is 156 Å². The highest BCUT2D eigenvalue weighted by atomic mass is 32.2. The number of nitrogens with zero attached hydrogens (tertiary/aromatic N) is 1. The fourth-order valence-electron chi connectivity index (χ4n) is 2.62. The fourth-order valence-corrected chi connectivity index (χ4v) is 3.55. The first kappa shape index (κ1) is 18.2. The third-order valence-electron chi connectivity index (χ3n) is 4.18. The molecule has 0 bridgehead atoms. The maximum atomic E-state index is 11.9. The lowest BCUT2D eigenvalue weighted by molar-refractivity contribution is -0.121. The van der Waals surface area contributed by atoms with Crippen molar-refractivity contribution >= 4 is 29.0 Å². The van der Waals surface area contributed by atoms with Crippen LogP contribution in [-0.2, 0) is 17.6 Å². The van der Waals surface area contributed by atoms with Gasteiger partial charge in [-0.2, -0.15) is 0 Å². The van der Waals surface area contributed by atoms with Gasteiger partial charge in [-0.1, -0.05) is 25.1 Å². The number of benzene rings is 1. The standard InChI is InChI=1S/C20H20N2O3S/c1-3-14-4-7-16(21-13-14)10-11-25-17-8-5-15(6-9-17)12-20(2)18(23)22-19(24)26-20/h4-11,13H,3,12H2,1-2H3,(H,22,23,24)/b11-10+/t20-/m0/s1. The first-order chi connectivity index (χ1) is 12.5. The Bertz CT molecular complexity index is 831. The van der Waals surface area contributed by atoms with Crippen LogP contribution in [-0.4, -0.2) is 20.9 Å². The van der Waals surface area contributed by atoms with E-state index in [0.29, 0.717) is 12.2 Å². The molecule has 0 aliphatic carbocycles. The second-order valence-electron chi connectivity index (χ2n) is 6.26. The number of thioether (sulfide) groups is 1. The van der Waals surface area contributed by atoms with Crippen LogP contribution in [0.25, 0.3) is 6.08 Å². The Morgan fingerprint density at radius 2 is 1.88 bits per heavy atom. The number of amides is 2. The SMILES string of the molecule is CCc1ccc(/C=C/Oc2ccc(C[C@]3(C)SC(=O)NC3=O)cc2)nc1. The predicted octanol–water partition coefficient (Wildman–Crippen LogP) is 3.98. The molecule has 1 saturated heterocycles. The fraction of sp³-hybridized carbons (Fsp3) is 0.250. The van der Waals surface area contributed by atoms with Gasteiger partial charge in [0, 0.05) is 6.20 Å². The van der Waals surface area contributed by atoms with E-state index in [4.69, 9.17) is 4.74 Å². The van der Waals surface area contributed by atoms with E-state index in [0.717, 1.165) is 29.4 Å². The Hall–Kier alpha value is -2.60. The molecule has 5 nitrogen and oxygen atoms in total. The van der Waals surface area contributed by atoms with E-state index in [1.807, 2.05) is 42.6 Å². The van der Waals surface area contributed by atoms with Crippen LogP contribution in [0.15, 0.2) is 48.9 Å². The number of pyridine rings is 1. The van der Waals surface area contributed by atoms with Gasteiger partial charge < -0.3 is 4.74 Å². The molecular formula is C20H20N2O3S. The third-order valence-corrected chi connectivity index (χ3v) is 5.25. The predicted molar refractivity (Wildman–Crippen MR) is 103 cm³/mol. The van der Waals surface area contributed by atoms with Crippen LogP contribution in [0.4, 0.5) is 4.79 Å². The summed E-state index contributed by atoms with van der Waals surface area (Å²) in [5.41, 5.74) is 3.00. The monoisotopic (exact) mass is 368 g/mol. The van der Waals surface area contributed by atoms with E-state index in [9.17, 15) is 9.59 Å². The second-order valence-corrected chi connectivity index (χ2v) is 7.74. The van der Waals surface area contributed by atoms with Crippen LogP contribution in [0, 0.1) is 0 Å². The van der Waals surface area contributed by atoms with Crippen molar-refractivity contribution in [2.45, 2.75) is 31.4 Å². The first-order valence-corrected chi connectivity index (χ1v) is 9.22. The average Bonchev–Trinajstić information content (AvgIpc) is 2.88. The molecule has 0 radical (unpaired) electrons. The van der Waals surface area contributed by atoms with Crippen LogP contribution in [0.5, 0.6) is 5.75 Å². The van der Waals surface area contributed by atoms with Crippen molar-refractivity contribution in [3.8, 4) is 5.75 Å². The van der Waals surface area contributed by atoms with Gasteiger partial charge in [-0.3, -0.25) is 19.9 Å². The smallest absolute Gasteiger partial charge is 0.286 e. The molecule has 3 rings (SSSR count). The molecule has 0 spiro atoms. The summed E-state index contributed by atoms with van der Waals surface area (Å²) < 4.78 is 4.84. The Balaban J connectivity index is 1.58. The minimum absolute atomic E-state index is 0.239. The number of ether oxygens (including phenoxy) is 1. The lowest BCUT2D eigenvalue weighted by Gasteiger charge is -2.18. The minimum Gasteiger partial charge on any atom is -0.465 e. The van der Waals surface area contributed by atoms with Gasteiger partial charge in [0.05, 0.1) is 12.0 Å². The summed E-state index contributed by atoms with van der Waals surface area (Å²) in [6.07, 6.45) is 6.71. The van der Waals surface area contributed by atoms with Gasteiger partial charge in [0.2, 0.25) is 5.91 Å². The number of imide groups is 1. The molecule has 2 aromatic rings. The summed E-state index contributed by atoms with van der Waals surface area (Å²) in [6, 6.07) is 11.5. The van der Waals surface area contributed by atoms with Crippen LogP contribution in [0.1, 0.15) is 30.7 Å². The Kier molecular flexibility index (Phi) is 5.42. The van der Waals surface area contributed by atoms with Crippen molar-refractivity contribution in [3.63, 3.8) is 0 Å². The zero-order valence-corrected chi connectivity index (χ0v) is 15.5. The normalized spacial score (nSPS) is 19.8. The van der Waals surface area contributed by atoms with Crippen molar-refractivity contribution in [2.24, 2.45) is 0 Å². The number of carbonyl (C=O) groups excluding carboxylic acids is 2. The highest BCUT2D eigenvalue weighted by Gasteiger charge is 2.43. The number of hydrogen-bond acceptors (Lipinski definition) is 5. The van der Waals surface area contributed by atoms with E-state index >= 15 is 0 Å². The Morgan fingerprint density at radius 1 is 1.15 bits per heavy atom. The third kappa shape index (κ3) is 4.32. The molecule has 2 amide bonds. The molecule has 6 heteroatoms. The molecule has 1 fully saturated rings. The number of aromatic nitrogens is 1. The molecular weight excluding hydrogens is 348 g/mol. The molecule has 2 heterocycles. The zero-order chi connectivity index (χ0) is 18.6. The van der Waals surface area contributed by atoms with Crippen molar-refractivity contribution in [3.05, 3.63) is 65.7 Å². The average molecular weight is 368 g/mol. The number of hydrogen-bond donors (Lipinski definition) is 1. The summed E-state index contributed by atoms with van der Waals surface area (Å²) in [5.74, 6) is 0.456. The van der Waals surface area contributed by atoms with Crippen molar-refractivity contribution in [2.75, 3.05) is 0 Å². The molecule has 134 valence electrons. The molecule has 0 unspecified atom stereocenters. The van der Waals surface area contributed by atoms with Crippen LogP contribution in [0.3, 0.4) is 0 Å². The molecule has 26 heavy (non-hydrogen) atoms. The highest BCUT2D eigenvalue weighted by molar-refractivity contribution is 8.16. The summed E-state index contributed by atoms with van der Waals surface area (Å²) in [7, 11) is 0. The largest absolute Gasteiger partial charge is 0.465 e. The van der Waals surface area contributed by atoms with E-state index in [1.54, 1.807) is 19.3 Å². The molecule has 1 aromatic heterocycles. The number of nitrogens with one attached hydrogen (secondary N) is 1. The van der Waals surface area contributed by atoms with E-state index < -0.39 is 4.75 Å². The number of aryl methyl sites for hydroxylation is 1. The Morgan fingerprint density at radius 3 is 2.46 bits per heavy atom. The van der Waals surface area contributed by atoms with Gasteiger partial charge in [0.15, 0.2) is 0 Å². The van der Waals surface area contributed by atoms with Crippen molar-refractivity contribution in [1.82, 2.24) is 10.3 Å². The van der Waals surface area contributed by atoms with E-state index in [2.05, 4.69) is 17.2 Å².